The van der Waals surface area contributed by atoms with Crippen LogP contribution in [0, 0.1) is 0 Å². The van der Waals surface area contributed by atoms with Crippen molar-refractivity contribution in [1.29, 1.82) is 0 Å². The molecule has 0 aliphatic heterocycles. The Morgan fingerprint density at radius 1 is 1.05 bits per heavy atom. The number of aromatic hydroxyl groups is 1. The molecule has 0 unspecified atom stereocenters. The lowest BCUT2D eigenvalue weighted by Crippen LogP contribution is -1.94. The summed E-state index contributed by atoms with van der Waals surface area (Å²) in [6.07, 6.45) is 0. The van der Waals surface area contributed by atoms with Crippen LogP contribution in [0.3, 0.4) is 0 Å². The second-order valence-corrected chi connectivity index (χ2v) is 6.98. The highest BCUT2D eigenvalue weighted by Gasteiger charge is 2.15. The highest BCUT2D eigenvalue weighted by Crippen LogP contribution is 2.35. The van der Waals surface area contributed by atoms with Crippen LogP contribution in [0.25, 0.3) is 10.9 Å². The van der Waals surface area contributed by atoms with Crippen molar-refractivity contribution in [2.75, 3.05) is 0 Å². The summed E-state index contributed by atoms with van der Waals surface area (Å²) >= 11 is 3.23. The summed E-state index contributed by atoms with van der Waals surface area (Å²) in [5.41, 5.74) is 0.742. The third kappa shape index (κ3) is 2.75. The largest absolute Gasteiger partial charge is 0.493 e. The van der Waals surface area contributed by atoms with Gasteiger partial charge in [0, 0.05) is 9.86 Å². The molecular weight excluding hydrogens is 370 g/mol. The fourth-order valence-corrected chi connectivity index (χ4v) is 2.99. The number of hydrogen-bond donors (Lipinski definition) is 2. The number of aromatic amines is 1. The summed E-state index contributed by atoms with van der Waals surface area (Å²) in [6.45, 7) is 0. The minimum atomic E-state index is -3.93. The first-order chi connectivity index (χ1) is 10.5. The van der Waals surface area contributed by atoms with Crippen LogP contribution in [0.5, 0.6) is 5.88 Å². The number of hydrogen-bond acceptors (Lipinski definition) is 4. The molecular formula is C14H10BrN3O3S. The van der Waals surface area contributed by atoms with Crippen LogP contribution in [0.15, 0.2) is 67.5 Å². The fourth-order valence-electron chi connectivity index (χ4n) is 1.96. The number of benzene rings is 2. The standard InChI is InChI=1S/C14H10BrN3O3S/c15-9-5-7-10(8-6-9)22(20,21)18-17-13-11-3-1-2-4-12(11)16-14(13)19/h1-8,16,19H. The van der Waals surface area contributed by atoms with Gasteiger partial charge in [-0.05, 0) is 30.3 Å². The minimum absolute atomic E-state index is 0.0266. The van der Waals surface area contributed by atoms with Crippen molar-refractivity contribution in [3.8, 4) is 5.88 Å². The molecule has 0 atom stereocenters. The van der Waals surface area contributed by atoms with Crippen molar-refractivity contribution in [1.82, 2.24) is 4.98 Å². The van der Waals surface area contributed by atoms with E-state index < -0.39 is 10.0 Å². The third-order valence-corrected chi connectivity index (χ3v) is 4.71. The van der Waals surface area contributed by atoms with Gasteiger partial charge >= 0.3 is 0 Å². The van der Waals surface area contributed by atoms with Gasteiger partial charge in [0.2, 0.25) is 5.88 Å². The van der Waals surface area contributed by atoms with Gasteiger partial charge in [-0.15, -0.1) is 5.11 Å². The summed E-state index contributed by atoms with van der Waals surface area (Å²) < 4.78 is 28.4. The number of rotatable bonds is 3. The summed E-state index contributed by atoms with van der Waals surface area (Å²) in [5, 5.41) is 14.1. The smallest absolute Gasteiger partial charge is 0.299 e. The summed E-state index contributed by atoms with van der Waals surface area (Å²) in [6, 6.07) is 13.1. The molecule has 3 aromatic rings. The van der Waals surface area contributed by atoms with Crippen LogP contribution < -0.4 is 0 Å². The van der Waals surface area contributed by atoms with Crippen LogP contribution in [0.4, 0.5) is 5.69 Å². The first-order valence-corrected chi connectivity index (χ1v) is 8.44. The second-order valence-electron chi connectivity index (χ2n) is 4.48. The van der Waals surface area contributed by atoms with Crippen molar-refractivity contribution in [2.45, 2.75) is 4.90 Å². The van der Waals surface area contributed by atoms with E-state index in [2.05, 4.69) is 30.5 Å². The molecule has 8 heteroatoms. The predicted molar refractivity (Wildman–Crippen MR) is 85.8 cm³/mol. The van der Waals surface area contributed by atoms with Crippen LogP contribution in [-0.2, 0) is 10.0 Å². The van der Waals surface area contributed by atoms with Gasteiger partial charge in [0.25, 0.3) is 10.0 Å². The number of aromatic nitrogens is 1. The number of para-hydroxylation sites is 1. The molecule has 0 radical (unpaired) electrons. The molecule has 0 amide bonds. The summed E-state index contributed by atoms with van der Waals surface area (Å²) in [4.78, 5) is 2.74. The number of nitrogens with zero attached hydrogens (tertiary/aromatic N) is 2. The molecule has 1 heterocycles. The molecule has 2 N–H and O–H groups in total. The summed E-state index contributed by atoms with van der Waals surface area (Å²) in [5.74, 6) is -0.226. The van der Waals surface area contributed by atoms with Gasteiger partial charge in [-0.2, -0.15) is 8.42 Å². The molecule has 0 aliphatic rings. The molecule has 0 bridgehead atoms. The van der Waals surface area contributed by atoms with Gasteiger partial charge in [-0.1, -0.05) is 38.6 Å². The Morgan fingerprint density at radius 3 is 2.45 bits per heavy atom. The van der Waals surface area contributed by atoms with Crippen molar-refractivity contribution in [3.63, 3.8) is 0 Å². The molecule has 0 spiro atoms. The first kappa shape index (κ1) is 14.7. The van der Waals surface area contributed by atoms with Crippen molar-refractivity contribution >= 4 is 42.5 Å². The van der Waals surface area contributed by atoms with Gasteiger partial charge in [0.05, 0.1) is 10.4 Å². The second kappa shape index (κ2) is 5.54. The average Bonchev–Trinajstić information content (AvgIpc) is 2.81. The van der Waals surface area contributed by atoms with Crippen LogP contribution in [0.1, 0.15) is 0 Å². The average molecular weight is 380 g/mol. The van der Waals surface area contributed by atoms with Crippen molar-refractivity contribution < 1.29 is 13.5 Å². The Balaban J connectivity index is 2.02. The molecule has 112 valence electrons. The topological polar surface area (TPSA) is 94.9 Å². The SMILES string of the molecule is O=S(=O)(N=Nc1c(O)[nH]c2ccccc12)c1ccc(Br)cc1. The molecule has 6 nitrogen and oxygen atoms in total. The number of H-pyrrole nitrogens is 1. The molecule has 0 aliphatic carbocycles. The third-order valence-electron chi connectivity index (χ3n) is 3.02. The number of fused-ring (bicyclic) bond motifs is 1. The first-order valence-electron chi connectivity index (χ1n) is 6.20. The molecule has 22 heavy (non-hydrogen) atoms. The lowest BCUT2D eigenvalue weighted by atomic mass is 10.2. The van der Waals surface area contributed by atoms with Gasteiger partial charge in [-0.3, -0.25) is 0 Å². The van der Waals surface area contributed by atoms with Gasteiger partial charge < -0.3 is 10.1 Å². The molecule has 1 aromatic heterocycles. The Morgan fingerprint density at radius 2 is 1.73 bits per heavy atom. The van der Waals surface area contributed by atoms with E-state index in [1.54, 1.807) is 36.4 Å². The maximum Gasteiger partial charge on any atom is 0.299 e. The highest BCUT2D eigenvalue weighted by molar-refractivity contribution is 9.10. The maximum atomic E-state index is 12.1. The van der Waals surface area contributed by atoms with E-state index in [4.69, 9.17) is 0 Å². The van der Waals surface area contributed by atoms with Crippen LogP contribution in [-0.4, -0.2) is 18.5 Å². The van der Waals surface area contributed by atoms with Gasteiger partial charge in [0.15, 0.2) is 5.69 Å². The number of halogens is 1. The van der Waals surface area contributed by atoms with E-state index in [9.17, 15) is 13.5 Å². The summed E-state index contributed by atoms with van der Waals surface area (Å²) in [7, 11) is -3.93. The van der Waals surface area contributed by atoms with Crippen LogP contribution in [0.2, 0.25) is 0 Å². The zero-order chi connectivity index (χ0) is 15.7. The van der Waals surface area contributed by atoms with E-state index in [-0.39, 0.29) is 16.5 Å². The Labute approximate surface area is 134 Å². The van der Waals surface area contributed by atoms with Crippen molar-refractivity contribution in [2.24, 2.45) is 9.63 Å². The van der Waals surface area contributed by atoms with E-state index >= 15 is 0 Å². The normalized spacial score (nSPS) is 12.2. The number of nitrogens with one attached hydrogen (secondary N) is 1. The van der Waals surface area contributed by atoms with E-state index in [0.717, 1.165) is 4.47 Å². The van der Waals surface area contributed by atoms with Gasteiger partial charge in [0.1, 0.15) is 0 Å². The fraction of sp³-hybridized carbons (Fsp3) is 0. The zero-order valence-corrected chi connectivity index (χ0v) is 13.5. The Kier molecular flexibility index (Phi) is 3.71. The highest BCUT2D eigenvalue weighted by atomic mass is 79.9. The van der Waals surface area contributed by atoms with Crippen LogP contribution >= 0.6 is 15.9 Å². The molecule has 3 rings (SSSR count). The lowest BCUT2D eigenvalue weighted by Gasteiger charge is -1.97. The predicted octanol–water partition coefficient (Wildman–Crippen LogP) is 4.11. The monoisotopic (exact) mass is 379 g/mol. The van der Waals surface area contributed by atoms with Gasteiger partial charge in [-0.25, -0.2) is 0 Å². The lowest BCUT2D eigenvalue weighted by molar-refractivity contribution is 0.459. The van der Waals surface area contributed by atoms with Crippen molar-refractivity contribution in [3.05, 3.63) is 53.0 Å². The Bertz CT molecular complexity index is 963. The molecule has 0 saturated carbocycles. The Hall–Kier alpha value is -2.19. The quantitative estimate of drug-likeness (QED) is 0.670. The molecule has 0 fully saturated rings. The zero-order valence-electron chi connectivity index (χ0n) is 11.1. The maximum absolute atomic E-state index is 12.1. The molecule has 2 aromatic carbocycles. The number of sulfonamides is 1. The van der Waals surface area contributed by atoms with E-state index in [1.165, 1.54) is 12.1 Å². The minimum Gasteiger partial charge on any atom is -0.493 e. The van der Waals surface area contributed by atoms with E-state index in [1.807, 2.05) is 0 Å². The molecule has 0 saturated heterocycles. The van der Waals surface area contributed by atoms with E-state index in [0.29, 0.717) is 10.9 Å².